The van der Waals surface area contributed by atoms with Crippen LogP contribution >= 0.6 is 0 Å². The molecule has 5 aromatic rings. The topological polar surface area (TPSA) is 99.2 Å². The van der Waals surface area contributed by atoms with Crippen LogP contribution in [-0.4, -0.2) is 43.0 Å². The molecule has 10 heteroatoms. The highest BCUT2D eigenvalue weighted by molar-refractivity contribution is 5.98. The van der Waals surface area contributed by atoms with Crippen LogP contribution in [0.1, 0.15) is 12.8 Å². The standard InChI is InChI=1S/C28H25N7O3/c1-32-13-10-18-6-7-19(14-22(18)32)30-28-29-16-21-26(31-28)35-20-8-9-24-23(15-20)33(25(36)17-38-24)11-4-2-3-5-12-34(35)27(21)37/h3,5-10,13-16H,2,4,11-12,17H2,1H3,(H,29,30,31)/b5-3-. The molecule has 1 N–H and O–H groups in total. The van der Waals surface area contributed by atoms with Gasteiger partial charge in [0.25, 0.3) is 11.5 Å². The lowest BCUT2D eigenvalue weighted by Crippen LogP contribution is -2.39. The third-order valence-corrected chi connectivity index (χ3v) is 7.15. The third kappa shape index (κ3) is 3.56. The SMILES string of the molecule is Cn1ccc2ccc(Nc3ncc4c(=O)n5n(c4n3)-c3ccc4c(c3)N(CCC/C=C\C5)C(=O)CO4)cc21. The van der Waals surface area contributed by atoms with E-state index in [1.807, 2.05) is 55.7 Å². The Balaban J connectivity index is 1.39. The second-order valence-electron chi connectivity index (χ2n) is 9.55. The van der Waals surface area contributed by atoms with Crippen LogP contribution in [0, 0.1) is 0 Å². The molecule has 5 heterocycles. The molecule has 0 spiro atoms. The zero-order valence-electron chi connectivity index (χ0n) is 20.8. The lowest BCUT2D eigenvalue weighted by molar-refractivity contribution is -0.121. The molecular formula is C28H25N7O3. The number of allylic oxidation sites excluding steroid dienone is 2. The van der Waals surface area contributed by atoms with Gasteiger partial charge >= 0.3 is 0 Å². The normalized spacial score (nSPS) is 16.0. The highest BCUT2D eigenvalue weighted by Crippen LogP contribution is 2.35. The molecule has 7 rings (SSSR count). The quantitative estimate of drug-likeness (QED) is 0.364. The summed E-state index contributed by atoms with van der Waals surface area (Å²) >= 11 is 0. The summed E-state index contributed by atoms with van der Waals surface area (Å²) in [6, 6.07) is 13.8. The van der Waals surface area contributed by atoms with Crippen LogP contribution in [0.15, 0.2) is 71.8 Å². The molecule has 38 heavy (non-hydrogen) atoms. The van der Waals surface area contributed by atoms with E-state index in [0.717, 1.165) is 29.4 Å². The van der Waals surface area contributed by atoms with Crippen molar-refractivity contribution in [2.45, 2.75) is 19.4 Å². The number of carbonyl (C=O) groups excluding carboxylic acids is 1. The first-order valence-electron chi connectivity index (χ1n) is 12.6. The number of anilines is 3. The lowest BCUT2D eigenvalue weighted by atomic mass is 10.1. The van der Waals surface area contributed by atoms with E-state index < -0.39 is 0 Å². The number of nitrogens with one attached hydrogen (secondary N) is 1. The zero-order valence-corrected chi connectivity index (χ0v) is 20.8. The molecule has 0 atom stereocenters. The first kappa shape index (κ1) is 22.3. The van der Waals surface area contributed by atoms with E-state index in [9.17, 15) is 9.59 Å². The summed E-state index contributed by atoms with van der Waals surface area (Å²) in [7, 11) is 2.00. The minimum atomic E-state index is -0.180. The van der Waals surface area contributed by atoms with Gasteiger partial charge in [0.05, 0.1) is 17.9 Å². The molecule has 10 nitrogen and oxygen atoms in total. The van der Waals surface area contributed by atoms with Gasteiger partial charge in [-0.05, 0) is 54.6 Å². The maximum absolute atomic E-state index is 13.5. The van der Waals surface area contributed by atoms with Crippen LogP contribution in [0.25, 0.3) is 27.6 Å². The minimum absolute atomic E-state index is 0.0240. The average molecular weight is 508 g/mol. The van der Waals surface area contributed by atoms with Gasteiger partial charge < -0.3 is 19.5 Å². The molecule has 0 radical (unpaired) electrons. The van der Waals surface area contributed by atoms with Crippen molar-refractivity contribution in [1.29, 1.82) is 0 Å². The number of carbonyl (C=O) groups is 1. The Labute approximate surface area is 217 Å². The van der Waals surface area contributed by atoms with Crippen molar-refractivity contribution in [3.63, 3.8) is 0 Å². The van der Waals surface area contributed by atoms with E-state index in [4.69, 9.17) is 9.72 Å². The van der Waals surface area contributed by atoms with Crippen LogP contribution in [-0.2, 0) is 18.4 Å². The number of amides is 1. The van der Waals surface area contributed by atoms with Gasteiger partial charge in [0.2, 0.25) is 5.95 Å². The summed E-state index contributed by atoms with van der Waals surface area (Å²) in [6.45, 7) is 1.01. The van der Waals surface area contributed by atoms with Crippen molar-refractivity contribution >= 4 is 45.2 Å². The predicted octanol–water partition coefficient (Wildman–Crippen LogP) is 3.89. The average Bonchev–Trinajstić information content (AvgIpc) is 3.42. The monoisotopic (exact) mass is 507 g/mol. The Morgan fingerprint density at radius 3 is 2.89 bits per heavy atom. The van der Waals surface area contributed by atoms with Crippen molar-refractivity contribution in [2.75, 3.05) is 23.4 Å². The van der Waals surface area contributed by atoms with Crippen LogP contribution in [0.5, 0.6) is 5.75 Å². The molecule has 0 fully saturated rings. The van der Waals surface area contributed by atoms with Gasteiger partial charge in [0.1, 0.15) is 11.1 Å². The fourth-order valence-electron chi connectivity index (χ4n) is 5.21. The Morgan fingerprint density at radius 1 is 1.05 bits per heavy atom. The number of ether oxygens (including phenoxy) is 1. The second-order valence-corrected chi connectivity index (χ2v) is 9.55. The number of nitrogens with zero attached hydrogens (tertiary/aromatic N) is 6. The predicted molar refractivity (Wildman–Crippen MR) is 146 cm³/mol. The Hall–Kier alpha value is -4.86. The number of hydrogen-bond donors (Lipinski definition) is 1. The summed E-state index contributed by atoms with van der Waals surface area (Å²) in [4.78, 5) is 37.2. The number of aromatic nitrogens is 5. The molecule has 2 aliphatic rings. The van der Waals surface area contributed by atoms with Gasteiger partial charge in [-0.3, -0.25) is 9.59 Å². The van der Waals surface area contributed by atoms with Crippen LogP contribution in [0.4, 0.5) is 17.3 Å². The highest BCUT2D eigenvalue weighted by Gasteiger charge is 2.27. The third-order valence-electron chi connectivity index (χ3n) is 7.15. The Bertz CT molecular complexity index is 1830. The molecule has 0 saturated carbocycles. The molecule has 0 unspecified atom stereocenters. The minimum Gasteiger partial charge on any atom is -0.482 e. The van der Waals surface area contributed by atoms with Gasteiger partial charge in [0, 0.05) is 37.2 Å². The van der Waals surface area contributed by atoms with E-state index in [1.165, 1.54) is 0 Å². The van der Waals surface area contributed by atoms with Gasteiger partial charge in [-0.25, -0.2) is 14.3 Å². The molecule has 2 aromatic carbocycles. The van der Waals surface area contributed by atoms with Crippen molar-refractivity contribution in [1.82, 2.24) is 23.9 Å². The highest BCUT2D eigenvalue weighted by atomic mass is 16.5. The number of hydrogen-bond acceptors (Lipinski definition) is 6. The van der Waals surface area contributed by atoms with E-state index in [-0.39, 0.29) is 18.1 Å². The molecule has 0 saturated heterocycles. The summed E-state index contributed by atoms with van der Waals surface area (Å²) in [5.41, 5.74) is 3.64. The van der Waals surface area contributed by atoms with E-state index in [1.54, 1.807) is 20.5 Å². The first-order chi connectivity index (χ1) is 18.6. The maximum Gasteiger partial charge on any atom is 0.278 e. The molecular weight excluding hydrogens is 482 g/mol. The van der Waals surface area contributed by atoms with Gasteiger partial charge in [-0.2, -0.15) is 4.98 Å². The number of fused-ring (bicyclic) bond motifs is 6. The zero-order chi connectivity index (χ0) is 25.8. The van der Waals surface area contributed by atoms with E-state index in [2.05, 4.69) is 27.0 Å². The van der Waals surface area contributed by atoms with Crippen LogP contribution in [0.2, 0.25) is 0 Å². The van der Waals surface area contributed by atoms with E-state index >= 15 is 0 Å². The van der Waals surface area contributed by atoms with Gasteiger partial charge in [-0.1, -0.05) is 18.2 Å². The number of rotatable bonds is 2. The van der Waals surface area contributed by atoms with Crippen molar-refractivity contribution in [3.8, 4) is 11.4 Å². The Kier molecular flexibility index (Phi) is 5.07. The second kappa shape index (κ2) is 8.62. The lowest BCUT2D eigenvalue weighted by Gasteiger charge is -2.30. The summed E-state index contributed by atoms with van der Waals surface area (Å²) in [6.07, 6.45) is 9.24. The van der Waals surface area contributed by atoms with Gasteiger partial charge in [0.15, 0.2) is 12.3 Å². The summed E-state index contributed by atoms with van der Waals surface area (Å²) in [5.74, 6) is 0.959. The molecule has 2 aliphatic heterocycles. The number of benzene rings is 2. The maximum atomic E-state index is 13.5. The largest absolute Gasteiger partial charge is 0.482 e. The summed E-state index contributed by atoms with van der Waals surface area (Å²) < 4.78 is 11.2. The first-order valence-corrected chi connectivity index (χ1v) is 12.6. The van der Waals surface area contributed by atoms with Gasteiger partial charge in [-0.15, -0.1) is 0 Å². The summed E-state index contributed by atoms with van der Waals surface area (Å²) in [5, 5.41) is 4.85. The van der Waals surface area contributed by atoms with E-state index in [0.29, 0.717) is 47.2 Å². The molecule has 3 aromatic heterocycles. The van der Waals surface area contributed by atoms with Crippen LogP contribution in [0.3, 0.4) is 0 Å². The molecule has 190 valence electrons. The van der Waals surface area contributed by atoms with Crippen LogP contribution < -0.4 is 20.5 Å². The Morgan fingerprint density at radius 2 is 1.97 bits per heavy atom. The molecule has 2 bridgehead atoms. The fraction of sp³-hybridized carbons (Fsp3) is 0.214. The van der Waals surface area contributed by atoms with Crippen molar-refractivity contribution in [3.05, 3.63) is 77.4 Å². The smallest absolute Gasteiger partial charge is 0.278 e. The molecule has 0 aliphatic carbocycles. The van der Waals surface area contributed by atoms with Crippen molar-refractivity contribution in [2.24, 2.45) is 7.05 Å². The fourth-order valence-corrected chi connectivity index (χ4v) is 5.21. The van der Waals surface area contributed by atoms with Crippen molar-refractivity contribution < 1.29 is 9.53 Å². The number of aryl methyl sites for hydroxylation is 1. The molecule has 1 amide bonds.